The zero-order chi connectivity index (χ0) is 28.8. The van der Waals surface area contributed by atoms with Gasteiger partial charge in [0, 0.05) is 75.4 Å². The first-order chi connectivity index (χ1) is 18.8. The van der Waals surface area contributed by atoms with Crippen LogP contribution in [0.2, 0.25) is 0 Å². The fourth-order valence-corrected chi connectivity index (χ4v) is 4.12. The first kappa shape index (κ1) is 31.5. The average Bonchev–Trinajstić information content (AvgIpc) is 2.95. The number of piperazine rings is 1. The highest BCUT2D eigenvalue weighted by Gasteiger charge is 2.23. The number of nitrogens with one attached hydrogen (secondary N) is 1. The third-order valence-corrected chi connectivity index (χ3v) is 6.06. The van der Waals surface area contributed by atoms with Crippen LogP contribution in [-0.4, -0.2) is 88.8 Å². The number of carbonyl (C=O) groups is 2. The third kappa shape index (κ3) is 9.84. The Bertz CT molecular complexity index is 1170. The Morgan fingerprint density at radius 3 is 2.08 bits per heavy atom. The molecule has 1 aliphatic heterocycles. The van der Waals surface area contributed by atoms with Gasteiger partial charge in [-0.1, -0.05) is 26.0 Å². The fourth-order valence-electron chi connectivity index (χ4n) is 3.56. The van der Waals surface area contributed by atoms with E-state index in [4.69, 9.17) is 5.73 Å². The van der Waals surface area contributed by atoms with E-state index in [0.29, 0.717) is 37.7 Å². The number of carbonyl (C=O) groups excluding carboxylic acids is 2. The summed E-state index contributed by atoms with van der Waals surface area (Å²) >= 11 is 1.22. The molecule has 0 radical (unpaired) electrons. The van der Waals surface area contributed by atoms with Crippen LogP contribution in [0.4, 0.5) is 16.4 Å². The minimum absolute atomic E-state index is 0.0806. The number of anilines is 2. The summed E-state index contributed by atoms with van der Waals surface area (Å²) in [6, 6.07) is 16.2. The largest absolute Gasteiger partial charge is 0.388 e. The molecule has 39 heavy (non-hydrogen) atoms. The lowest BCUT2D eigenvalue weighted by Crippen LogP contribution is -2.52. The maximum atomic E-state index is 12.8. The quantitative estimate of drug-likeness (QED) is 0.300. The molecule has 3 aromatic rings. The predicted molar refractivity (Wildman–Crippen MR) is 154 cm³/mol. The number of urea groups is 1. The van der Waals surface area contributed by atoms with Gasteiger partial charge in [0.15, 0.2) is 0 Å². The first-order valence-corrected chi connectivity index (χ1v) is 13.2. The number of hydrogen-bond donors (Lipinski definition) is 3. The summed E-state index contributed by atoms with van der Waals surface area (Å²) in [5.74, 6) is 0.357. The van der Waals surface area contributed by atoms with Gasteiger partial charge in [0.1, 0.15) is 0 Å². The Morgan fingerprint density at radius 1 is 0.974 bits per heavy atom. The molecule has 0 saturated carbocycles. The van der Waals surface area contributed by atoms with Crippen LogP contribution in [0, 0.1) is 0 Å². The van der Waals surface area contributed by atoms with Gasteiger partial charge in [0.25, 0.3) is 5.91 Å². The molecule has 1 fully saturated rings. The highest BCUT2D eigenvalue weighted by atomic mass is 32.2. The topological polar surface area (TPSA) is 137 Å². The summed E-state index contributed by atoms with van der Waals surface area (Å²) in [5.41, 5.74) is 8.30. The van der Waals surface area contributed by atoms with E-state index < -0.39 is 6.03 Å². The van der Waals surface area contributed by atoms with Gasteiger partial charge in [0.05, 0.1) is 5.69 Å². The number of methoxy groups -OCH3 is 1. The van der Waals surface area contributed by atoms with E-state index in [0.717, 1.165) is 26.3 Å². The summed E-state index contributed by atoms with van der Waals surface area (Å²) in [5, 5.41) is 12.5. The molecule has 210 valence electrons. The maximum absolute atomic E-state index is 12.8. The summed E-state index contributed by atoms with van der Waals surface area (Å²) in [6.45, 7) is 5.79. The normalized spacial score (nSPS) is 12.6. The van der Waals surface area contributed by atoms with Crippen LogP contribution in [-0.2, 0) is 4.74 Å². The lowest BCUT2D eigenvalue weighted by atomic mass is 10.1. The van der Waals surface area contributed by atoms with Crippen molar-refractivity contribution in [2.24, 2.45) is 5.73 Å². The number of rotatable bonds is 6. The Kier molecular flexibility index (Phi) is 13.2. The van der Waals surface area contributed by atoms with Gasteiger partial charge >= 0.3 is 6.03 Å². The van der Waals surface area contributed by atoms with Gasteiger partial charge in [-0.25, -0.2) is 14.8 Å². The average molecular weight is 556 g/mol. The van der Waals surface area contributed by atoms with Gasteiger partial charge in [-0.3, -0.25) is 4.79 Å². The highest BCUT2D eigenvalue weighted by molar-refractivity contribution is 7.96. The molecule has 1 saturated heterocycles. The summed E-state index contributed by atoms with van der Waals surface area (Å²) < 4.78 is 5.30. The van der Waals surface area contributed by atoms with Crippen LogP contribution < -0.4 is 11.1 Å². The van der Waals surface area contributed by atoms with Crippen molar-refractivity contribution in [1.29, 1.82) is 0 Å². The van der Waals surface area contributed by atoms with E-state index in [1.54, 1.807) is 56.6 Å². The molecule has 3 amide bonds. The Balaban J connectivity index is 0.000000998. The summed E-state index contributed by atoms with van der Waals surface area (Å²) in [6.07, 6.45) is 1.68. The van der Waals surface area contributed by atoms with Crippen molar-refractivity contribution in [3.05, 3.63) is 66.4 Å². The van der Waals surface area contributed by atoms with E-state index in [2.05, 4.69) is 20.0 Å². The van der Waals surface area contributed by atoms with E-state index in [1.807, 2.05) is 44.2 Å². The molecule has 0 unspecified atom stereocenters. The lowest BCUT2D eigenvalue weighted by Gasteiger charge is -2.33. The van der Waals surface area contributed by atoms with Crippen molar-refractivity contribution in [3.63, 3.8) is 0 Å². The molecular weight excluding hydrogens is 518 g/mol. The summed E-state index contributed by atoms with van der Waals surface area (Å²) in [7, 11) is 4.82. The molecule has 0 bridgehead atoms. The van der Waals surface area contributed by atoms with Gasteiger partial charge in [-0.15, -0.1) is 4.47 Å². The standard InChI is InChI=1S/C23H25N7O3S.C2H6O.C2H6/c1-28(33)34-19-8-4-16(5-9-19)20-10-11-25-23(27-20)26-18-6-2-17(3-7-18)21(31)29-12-14-30(15-13-29)22(24)32;1-3-2;1-2/h2-11,33H,12-15H2,1H3,(H2,24,32)(H,25,26,27);1-2H3;1-2H3. The number of benzene rings is 2. The van der Waals surface area contributed by atoms with E-state index in [-0.39, 0.29) is 5.91 Å². The van der Waals surface area contributed by atoms with Crippen LogP contribution in [0.1, 0.15) is 24.2 Å². The number of hydroxylamine groups is 1. The first-order valence-electron chi connectivity index (χ1n) is 12.5. The van der Waals surface area contributed by atoms with Crippen molar-refractivity contribution >= 4 is 35.5 Å². The molecule has 1 aliphatic rings. The Labute approximate surface area is 234 Å². The van der Waals surface area contributed by atoms with Gasteiger partial charge in [0.2, 0.25) is 5.95 Å². The molecule has 4 rings (SSSR count). The van der Waals surface area contributed by atoms with Crippen LogP contribution >= 0.6 is 11.9 Å². The second-order valence-corrected chi connectivity index (χ2v) is 9.26. The molecule has 0 aliphatic carbocycles. The van der Waals surface area contributed by atoms with Crippen LogP contribution in [0.15, 0.2) is 65.7 Å². The third-order valence-electron chi connectivity index (χ3n) is 5.31. The number of amides is 3. The smallest absolute Gasteiger partial charge is 0.314 e. The number of hydrogen-bond acceptors (Lipinski definition) is 9. The minimum atomic E-state index is -0.459. The minimum Gasteiger partial charge on any atom is -0.388 e. The van der Waals surface area contributed by atoms with Gasteiger partial charge in [-0.05, 0) is 54.4 Å². The zero-order valence-electron chi connectivity index (χ0n) is 23.0. The lowest BCUT2D eigenvalue weighted by molar-refractivity contribution is 0.0454. The van der Waals surface area contributed by atoms with Crippen molar-refractivity contribution in [2.45, 2.75) is 18.7 Å². The summed E-state index contributed by atoms with van der Waals surface area (Å²) in [4.78, 5) is 37.0. The SMILES string of the molecule is CC.CN(O)Sc1ccc(-c2ccnc(Nc3ccc(C(=O)N4CCN(C(N)=O)CC4)cc3)n2)cc1.COC. The molecule has 1 aromatic heterocycles. The van der Waals surface area contributed by atoms with Crippen molar-refractivity contribution in [2.75, 3.05) is 52.8 Å². The highest BCUT2D eigenvalue weighted by Crippen LogP contribution is 2.25. The number of ether oxygens (including phenoxy) is 1. The Hall–Kier alpha value is -3.71. The molecular formula is C27H37N7O4S. The van der Waals surface area contributed by atoms with Crippen molar-refractivity contribution in [3.8, 4) is 11.3 Å². The second kappa shape index (κ2) is 16.3. The van der Waals surface area contributed by atoms with Crippen molar-refractivity contribution < 1.29 is 19.5 Å². The van der Waals surface area contributed by atoms with Crippen molar-refractivity contribution in [1.82, 2.24) is 24.2 Å². The number of aromatic nitrogens is 2. The van der Waals surface area contributed by atoms with Crippen LogP contribution in [0.5, 0.6) is 0 Å². The maximum Gasteiger partial charge on any atom is 0.314 e. The second-order valence-electron chi connectivity index (χ2n) is 8.07. The molecule has 2 heterocycles. The fraction of sp³-hybridized carbons (Fsp3) is 0.333. The van der Waals surface area contributed by atoms with Crippen LogP contribution in [0.3, 0.4) is 0 Å². The van der Waals surface area contributed by atoms with E-state index in [1.165, 1.54) is 16.8 Å². The Morgan fingerprint density at radius 2 is 1.54 bits per heavy atom. The van der Waals surface area contributed by atoms with Crippen LogP contribution in [0.25, 0.3) is 11.3 Å². The number of nitrogens with zero attached hydrogens (tertiary/aromatic N) is 5. The molecule has 11 nitrogen and oxygen atoms in total. The zero-order valence-corrected chi connectivity index (χ0v) is 23.8. The molecule has 2 aromatic carbocycles. The van der Waals surface area contributed by atoms with E-state index in [9.17, 15) is 14.8 Å². The predicted octanol–water partition coefficient (Wildman–Crippen LogP) is 4.34. The molecule has 4 N–H and O–H groups in total. The molecule has 0 atom stereocenters. The molecule has 12 heteroatoms. The molecule has 0 spiro atoms. The van der Waals surface area contributed by atoms with Gasteiger partial charge in [-0.2, -0.15) is 0 Å². The monoisotopic (exact) mass is 555 g/mol. The van der Waals surface area contributed by atoms with E-state index >= 15 is 0 Å². The number of nitrogens with two attached hydrogens (primary N) is 1. The van der Waals surface area contributed by atoms with Gasteiger partial charge < -0.3 is 30.8 Å². The number of primary amides is 1.